The first kappa shape index (κ1) is 24.6. The smallest absolute Gasteiger partial charge is 0.331 e. The first-order valence-electron chi connectivity index (χ1n) is 13.2. The molecule has 8 heteroatoms. The summed E-state index contributed by atoms with van der Waals surface area (Å²) in [6.45, 7) is 3.07. The van der Waals surface area contributed by atoms with Gasteiger partial charge in [-0.05, 0) is 44.2 Å². The maximum atomic E-state index is 13.8. The van der Waals surface area contributed by atoms with Crippen molar-refractivity contribution in [3.8, 4) is 0 Å². The van der Waals surface area contributed by atoms with Crippen molar-refractivity contribution in [3.05, 3.63) is 71.8 Å². The fourth-order valence-electron chi connectivity index (χ4n) is 6.59. The molecule has 1 amide bonds. The highest BCUT2D eigenvalue weighted by Crippen LogP contribution is 2.67. The molecule has 2 aromatic carbocycles. The average Bonchev–Trinajstić information content (AvgIpc) is 3.60. The molecule has 0 bridgehead atoms. The highest BCUT2D eigenvalue weighted by molar-refractivity contribution is 7.94. The van der Waals surface area contributed by atoms with E-state index in [1.807, 2.05) is 60.7 Å². The number of carbonyl (C=O) groups is 2. The molecule has 2 saturated heterocycles. The Morgan fingerprint density at radius 1 is 0.946 bits per heavy atom. The molecule has 4 fully saturated rings. The lowest BCUT2D eigenvalue weighted by Crippen LogP contribution is -2.66. The second-order valence-electron chi connectivity index (χ2n) is 11.4. The van der Waals surface area contributed by atoms with Gasteiger partial charge in [-0.2, -0.15) is 0 Å². The van der Waals surface area contributed by atoms with Crippen LogP contribution in [0.3, 0.4) is 0 Å². The van der Waals surface area contributed by atoms with E-state index in [-0.39, 0.29) is 12.0 Å². The van der Waals surface area contributed by atoms with Gasteiger partial charge in [0.25, 0.3) is 0 Å². The molecule has 2 aromatic rings. The van der Waals surface area contributed by atoms with Gasteiger partial charge in [0.15, 0.2) is 21.3 Å². The Morgan fingerprint density at radius 2 is 1.51 bits per heavy atom. The highest BCUT2D eigenvalue weighted by Gasteiger charge is 2.86. The zero-order valence-electron chi connectivity index (χ0n) is 21.2. The summed E-state index contributed by atoms with van der Waals surface area (Å²) in [5.41, 5.74) is 0.486. The Morgan fingerprint density at radius 3 is 2.08 bits per heavy atom. The van der Waals surface area contributed by atoms with Crippen LogP contribution in [-0.4, -0.2) is 53.6 Å². The van der Waals surface area contributed by atoms with E-state index >= 15 is 0 Å². The van der Waals surface area contributed by atoms with E-state index in [0.29, 0.717) is 6.42 Å². The van der Waals surface area contributed by atoms with Gasteiger partial charge in [0, 0.05) is 0 Å². The number of ether oxygens (including phenoxy) is 2. The molecule has 0 radical (unpaired) electrons. The van der Waals surface area contributed by atoms with Gasteiger partial charge < -0.3 is 14.4 Å². The molecule has 37 heavy (non-hydrogen) atoms. The van der Waals surface area contributed by atoms with Crippen LogP contribution in [0, 0.1) is 5.41 Å². The van der Waals surface area contributed by atoms with Gasteiger partial charge in [0.1, 0.15) is 11.5 Å². The van der Waals surface area contributed by atoms with Crippen molar-refractivity contribution in [1.82, 2.24) is 4.90 Å². The lowest BCUT2D eigenvalue weighted by Gasteiger charge is -2.44. The first-order chi connectivity index (χ1) is 17.7. The summed E-state index contributed by atoms with van der Waals surface area (Å²) < 4.78 is 38.4. The van der Waals surface area contributed by atoms with Crippen LogP contribution in [0.1, 0.15) is 69.6 Å². The molecule has 4 atom stereocenters. The van der Waals surface area contributed by atoms with E-state index < -0.39 is 49.6 Å². The minimum absolute atomic E-state index is 0.0790. The van der Waals surface area contributed by atoms with Gasteiger partial charge in [-0.1, -0.05) is 79.9 Å². The second kappa shape index (κ2) is 8.67. The number of sulfone groups is 1. The van der Waals surface area contributed by atoms with E-state index in [1.54, 1.807) is 0 Å². The number of carbonyl (C=O) groups excluding carboxylic acids is 2. The summed E-state index contributed by atoms with van der Waals surface area (Å²) in [5, 5.41) is -1.04. The average molecular weight is 524 g/mol. The van der Waals surface area contributed by atoms with Gasteiger partial charge >= 0.3 is 5.97 Å². The zero-order valence-corrected chi connectivity index (χ0v) is 22.0. The number of hydrogen-bond donors (Lipinski definition) is 0. The van der Waals surface area contributed by atoms with Gasteiger partial charge in [-0.3, -0.25) is 4.79 Å². The molecule has 0 N–H and O–H groups in total. The van der Waals surface area contributed by atoms with Crippen molar-refractivity contribution < 1.29 is 27.5 Å². The minimum Gasteiger partial charge on any atom is -0.451 e. The number of β-lactam (4-membered cyclic amide) rings is 1. The Hall–Kier alpha value is -2.71. The molecular weight excluding hydrogens is 490 g/mol. The third-order valence-electron chi connectivity index (χ3n) is 8.80. The number of hydrogen-bond acceptors (Lipinski definition) is 6. The topological polar surface area (TPSA) is 90.0 Å². The van der Waals surface area contributed by atoms with E-state index in [0.717, 1.165) is 36.8 Å². The lowest BCUT2D eigenvalue weighted by atomic mass is 9.88. The predicted molar refractivity (Wildman–Crippen MR) is 137 cm³/mol. The Balaban J connectivity index is 1.28. The van der Waals surface area contributed by atoms with Gasteiger partial charge in [-0.25, -0.2) is 13.2 Å². The molecule has 0 aromatic heterocycles. The molecule has 6 rings (SSSR count). The summed E-state index contributed by atoms with van der Waals surface area (Å²) in [6, 6.07) is 17.5. The molecule has 1 spiro atoms. The fourth-order valence-corrected chi connectivity index (χ4v) is 9.11. The van der Waals surface area contributed by atoms with Crippen molar-refractivity contribution >= 4 is 21.7 Å². The molecule has 2 aliphatic carbocycles. The standard InChI is InChI=1S/C29H33NO6S/c1-28(2)24(25(31)36-23(19-12-6-3-7-13-19)20-14-8-4-9-15-20)30-26(32)29(27(30)37(28,33)34)18-22(29)35-21-16-10-5-11-17-21/h3-4,6-9,12-15,21-24,27H,5,10-11,16-18H2,1-2H3/t22?,24-,27+,29+/m0/s1. The van der Waals surface area contributed by atoms with Crippen molar-refractivity contribution in [2.75, 3.05) is 0 Å². The highest BCUT2D eigenvalue weighted by atomic mass is 32.2. The SMILES string of the molecule is CC1(C)[C@H](C(=O)OC(c2ccccc2)c2ccccc2)N2C(=O)[C@]3(CC3OC3CCCCC3)[C@H]2S1(=O)=O. The predicted octanol–water partition coefficient (Wildman–Crippen LogP) is 4.17. The van der Waals surface area contributed by atoms with Crippen LogP contribution < -0.4 is 0 Å². The molecule has 2 saturated carbocycles. The van der Waals surface area contributed by atoms with E-state index in [2.05, 4.69) is 0 Å². The number of esters is 1. The maximum absolute atomic E-state index is 13.8. The van der Waals surface area contributed by atoms with Gasteiger partial charge in [0.05, 0.1) is 17.0 Å². The Labute approximate surface area is 218 Å². The second-order valence-corrected chi connectivity index (χ2v) is 14.0. The van der Waals surface area contributed by atoms with Crippen molar-refractivity contribution in [1.29, 1.82) is 0 Å². The van der Waals surface area contributed by atoms with Crippen LogP contribution >= 0.6 is 0 Å². The number of benzene rings is 2. The molecule has 2 heterocycles. The normalized spacial score (nSPS) is 31.7. The summed E-state index contributed by atoms with van der Waals surface area (Å²) in [6.07, 6.45) is 4.63. The zero-order chi connectivity index (χ0) is 26.0. The molecule has 2 aliphatic heterocycles. The Bertz CT molecular complexity index is 1260. The number of nitrogens with zero attached hydrogens (tertiary/aromatic N) is 1. The molecular formula is C29H33NO6S. The van der Waals surface area contributed by atoms with E-state index in [4.69, 9.17) is 9.47 Å². The number of rotatable bonds is 6. The summed E-state index contributed by atoms with van der Waals surface area (Å²) >= 11 is 0. The lowest BCUT2D eigenvalue weighted by molar-refractivity contribution is -0.173. The largest absolute Gasteiger partial charge is 0.451 e. The van der Waals surface area contributed by atoms with Crippen molar-refractivity contribution in [2.45, 2.75) is 86.8 Å². The number of fused-ring (bicyclic) bond motifs is 2. The molecule has 196 valence electrons. The molecule has 4 aliphatic rings. The number of amides is 1. The van der Waals surface area contributed by atoms with Gasteiger partial charge in [0.2, 0.25) is 5.91 Å². The van der Waals surface area contributed by atoms with E-state index in [9.17, 15) is 18.0 Å². The minimum atomic E-state index is -3.85. The van der Waals surface area contributed by atoms with Crippen LogP contribution in [0.4, 0.5) is 0 Å². The quantitative estimate of drug-likeness (QED) is 0.417. The monoisotopic (exact) mass is 523 g/mol. The third kappa shape index (κ3) is 3.59. The fraction of sp³-hybridized carbons (Fsp3) is 0.517. The van der Waals surface area contributed by atoms with E-state index in [1.165, 1.54) is 25.2 Å². The van der Waals surface area contributed by atoms with Crippen LogP contribution in [0.5, 0.6) is 0 Å². The maximum Gasteiger partial charge on any atom is 0.331 e. The van der Waals surface area contributed by atoms with Crippen LogP contribution in [0.15, 0.2) is 60.7 Å². The molecule has 7 nitrogen and oxygen atoms in total. The van der Waals surface area contributed by atoms with Crippen molar-refractivity contribution in [3.63, 3.8) is 0 Å². The Kier molecular flexibility index (Phi) is 5.77. The third-order valence-corrected chi connectivity index (χ3v) is 11.7. The summed E-state index contributed by atoms with van der Waals surface area (Å²) in [7, 11) is -3.85. The first-order valence-corrected chi connectivity index (χ1v) is 14.8. The van der Waals surface area contributed by atoms with Crippen molar-refractivity contribution in [2.24, 2.45) is 5.41 Å². The van der Waals surface area contributed by atoms with Gasteiger partial charge in [-0.15, -0.1) is 0 Å². The molecule has 1 unspecified atom stereocenters. The van der Waals surface area contributed by atoms with Crippen LogP contribution in [0.25, 0.3) is 0 Å². The van der Waals surface area contributed by atoms with Crippen LogP contribution in [0.2, 0.25) is 0 Å². The summed E-state index contributed by atoms with van der Waals surface area (Å²) in [5.74, 6) is -1.01. The van der Waals surface area contributed by atoms with Crippen LogP contribution in [-0.2, 0) is 28.9 Å². The summed E-state index contributed by atoms with van der Waals surface area (Å²) in [4.78, 5) is 28.6.